The molecule has 1 aromatic heterocycles. The van der Waals surface area contributed by atoms with Crippen molar-refractivity contribution in [3.8, 4) is 17.1 Å². The van der Waals surface area contributed by atoms with Crippen LogP contribution in [-0.2, 0) is 9.59 Å². The number of aromatic nitrogens is 3. The fourth-order valence-corrected chi connectivity index (χ4v) is 5.75. The van der Waals surface area contributed by atoms with E-state index in [0.29, 0.717) is 37.5 Å². The first-order valence-corrected chi connectivity index (χ1v) is 14.8. The molecule has 0 radical (unpaired) electrons. The molecule has 9 heteroatoms. The molecule has 0 bridgehead atoms. The fraction of sp³-hybridized carbons (Fsp3) is 0.448. The summed E-state index contributed by atoms with van der Waals surface area (Å²) in [5.74, 6) is 1.88. The number of unbranched alkanes of at least 4 members (excludes halogenated alkanes) is 2. The summed E-state index contributed by atoms with van der Waals surface area (Å²) in [6.07, 6.45) is 4.96. The van der Waals surface area contributed by atoms with E-state index in [1.54, 1.807) is 11.8 Å². The molecule has 3 aromatic rings. The van der Waals surface area contributed by atoms with Gasteiger partial charge in [-0.2, -0.15) is 0 Å². The molecule has 1 aliphatic rings. The number of carbonyl (C=O) groups excluding carboxylic acids is 2. The number of hydrogen-bond acceptors (Lipinski definition) is 5. The third kappa shape index (κ3) is 7.17. The highest BCUT2D eigenvalue weighted by Gasteiger charge is 2.29. The van der Waals surface area contributed by atoms with Crippen LogP contribution in [-0.4, -0.2) is 67.8 Å². The summed E-state index contributed by atoms with van der Waals surface area (Å²) in [4.78, 5) is 29.3. The lowest BCUT2D eigenvalue weighted by Gasteiger charge is -2.40. The molecule has 202 valence electrons. The molecular formula is C29H36ClN5O2S. The van der Waals surface area contributed by atoms with Gasteiger partial charge in [-0.1, -0.05) is 61.3 Å². The Morgan fingerprint density at radius 2 is 1.68 bits per heavy atom. The van der Waals surface area contributed by atoms with Crippen molar-refractivity contribution in [3.63, 3.8) is 0 Å². The molecule has 38 heavy (non-hydrogen) atoms. The summed E-state index contributed by atoms with van der Waals surface area (Å²) >= 11 is 7.69. The fourth-order valence-electron chi connectivity index (χ4n) is 4.73. The van der Waals surface area contributed by atoms with Gasteiger partial charge >= 0.3 is 0 Å². The largest absolute Gasteiger partial charge is 0.339 e. The Kier molecular flexibility index (Phi) is 10.2. The first-order valence-electron chi connectivity index (χ1n) is 13.4. The van der Waals surface area contributed by atoms with E-state index >= 15 is 0 Å². The van der Waals surface area contributed by atoms with Crippen LogP contribution < -0.4 is 0 Å². The second-order valence-corrected chi connectivity index (χ2v) is 11.2. The zero-order valence-corrected chi connectivity index (χ0v) is 23.8. The molecule has 0 N–H and O–H groups in total. The molecule has 0 saturated carbocycles. The summed E-state index contributed by atoms with van der Waals surface area (Å²) in [5.41, 5.74) is 1.92. The number of halogens is 1. The molecule has 1 saturated heterocycles. The van der Waals surface area contributed by atoms with Crippen LogP contribution in [0.2, 0.25) is 5.02 Å². The average Bonchev–Trinajstić information content (AvgIpc) is 3.35. The first kappa shape index (κ1) is 28.2. The Morgan fingerprint density at radius 3 is 2.39 bits per heavy atom. The van der Waals surface area contributed by atoms with Gasteiger partial charge < -0.3 is 9.80 Å². The van der Waals surface area contributed by atoms with Crippen LogP contribution >= 0.6 is 23.4 Å². The lowest BCUT2D eigenvalue weighted by molar-refractivity contribution is -0.142. The molecule has 0 aliphatic carbocycles. The molecule has 0 spiro atoms. The predicted molar refractivity (Wildman–Crippen MR) is 154 cm³/mol. The molecule has 1 aliphatic heterocycles. The smallest absolute Gasteiger partial charge is 0.222 e. The Morgan fingerprint density at radius 1 is 0.947 bits per heavy atom. The SMILES string of the molecule is CCCCCC(=O)N1CCN(C(=O)CCCSc2nnc(-c3ccc(Cl)cc3)n2-c2ccccc2)CC1C. The van der Waals surface area contributed by atoms with Gasteiger partial charge in [-0.3, -0.25) is 14.2 Å². The molecule has 2 heterocycles. The number of para-hydroxylation sites is 1. The standard InChI is InChI=1S/C29H36ClN5O2S/c1-3-4-6-12-27(37)34-19-18-33(21-22(34)2)26(36)13-9-20-38-29-32-31-28(23-14-16-24(30)17-15-23)35(29)25-10-7-5-8-11-25/h5,7-8,10-11,14-17,22H,3-4,6,9,12-13,18-21H2,1-2H3. The number of rotatable bonds is 11. The topological polar surface area (TPSA) is 71.3 Å². The van der Waals surface area contributed by atoms with Crippen molar-refractivity contribution in [2.24, 2.45) is 0 Å². The van der Waals surface area contributed by atoms with Crippen molar-refractivity contribution in [1.82, 2.24) is 24.6 Å². The molecule has 7 nitrogen and oxygen atoms in total. The minimum Gasteiger partial charge on any atom is -0.339 e. The van der Waals surface area contributed by atoms with Crippen LogP contribution in [0, 0.1) is 0 Å². The number of amides is 2. The molecule has 1 atom stereocenters. The second-order valence-electron chi connectivity index (χ2n) is 9.67. The highest BCUT2D eigenvalue weighted by molar-refractivity contribution is 7.99. The summed E-state index contributed by atoms with van der Waals surface area (Å²) < 4.78 is 2.05. The van der Waals surface area contributed by atoms with Gasteiger partial charge in [-0.25, -0.2) is 0 Å². The van der Waals surface area contributed by atoms with Crippen LogP contribution in [0.5, 0.6) is 0 Å². The predicted octanol–water partition coefficient (Wildman–Crippen LogP) is 6.10. The lowest BCUT2D eigenvalue weighted by atomic mass is 10.1. The van der Waals surface area contributed by atoms with Gasteiger partial charge in [-0.05, 0) is 56.2 Å². The number of piperazine rings is 1. The van der Waals surface area contributed by atoms with E-state index in [1.807, 2.05) is 75.9 Å². The van der Waals surface area contributed by atoms with Crippen LogP contribution in [0.4, 0.5) is 0 Å². The maximum Gasteiger partial charge on any atom is 0.222 e. The number of hydrogen-bond donors (Lipinski definition) is 0. The lowest BCUT2D eigenvalue weighted by Crippen LogP contribution is -2.55. The number of nitrogens with zero attached hydrogens (tertiary/aromatic N) is 5. The van der Waals surface area contributed by atoms with Crippen molar-refractivity contribution < 1.29 is 9.59 Å². The third-order valence-corrected chi connectivity index (χ3v) is 8.08. The van der Waals surface area contributed by atoms with Crippen molar-refractivity contribution in [3.05, 3.63) is 59.6 Å². The highest BCUT2D eigenvalue weighted by atomic mass is 35.5. The summed E-state index contributed by atoms with van der Waals surface area (Å²) in [5, 5.41) is 10.4. The van der Waals surface area contributed by atoms with E-state index in [-0.39, 0.29) is 17.9 Å². The van der Waals surface area contributed by atoms with Crippen LogP contribution in [0.25, 0.3) is 17.1 Å². The highest BCUT2D eigenvalue weighted by Crippen LogP contribution is 2.29. The van der Waals surface area contributed by atoms with Gasteiger partial charge in [0, 0.05) is 60.5 Å². The van der Waals surface area contributed by atoms with Crippen LogP contribution in [0.3, 0.4) is 0 Å². The number of carbonyl (C=O) groups is 2. The first-order chi connectivity index (χ1) is 18.5. The van der Waals surface area contributed by atoms with E-state index in [1.165, 1.54) is 0 Å². The minimum atomic E-state index is 0.0620. The average molecular weight is 554 g/mol. The quantitative estimate of drug-likeness (QED) is 0.212. The molecule has 2 aromatic carbocycles. The van der Waals surface area contributed by atoms with E-state index in [0.717, 1.165) is 53.7 Å². The number of benzene rings is 2. The second kappa shape index (κ2) is 13.8. The summed E-state index contributed by atoms with van der Waals surface area (Å²) in [6, 6.07) is 17.7. The van der Waals surface area contributed by atoms with Gasteiger partial charge in [0.2, 0.25) is 11.8 Å². The van der Waals surface area contributed by atoms with Crippen molar-refractivity contribution >= 4 is 35.2 Å². The minimum absolute atomic E-state index is 0.0620. The van der Waals surface area contributed by atoms with Crippen molar-refractivity contribution in [2.45, 2.75) is 63.6 Å². The van der Waals surface area contributed by atoms with Crippen molar-refractivity contribution in [1.29, 1.82) is 0 Å². The van der Waals surface area contributed by atoms with Gasteiger partial charge in [0.05, 0.1) is 0 Å². The van der Waals surface area contributed by atoms with E-state index < -0.39 is 0 Å². The normalized spacial score (nSPS) is 15.6. The number of thioether (sulfide) groups is 1. The molecule has 1 fully saturated rings. The van der Waals surface area contributed by atoms with Gasteiger partial charge in [0.1, 0.15) is 0 Å². The van der Waals surface area contributed by atoms with Gasteiger partial charge in [0.15, 0.2) is 11.0 Å². The maximum absolute atomic E-state index is 12.9. The summed E-state index contributed by atoms with van der Waals surface area (Å²) in [6.45, 7) is 6.03. The Balaban J connectivity index is 1.31. The molecule has 1 unspecified atom stereocenters. The van der Waals surface area contributed by atoms with Crippen LogP contribution in [0.15, 0.2) is 59.8 Å². The Hall–Kier alpha value is -2.84. The zero-order chi connectivity index (χ0) is 26.9. The molecular weight excluding hydrogens is 518 g/mol. The Bertz CT molecular complexity index is 1200. The summed E-state index contributed by atoms with van der Waals surface area (Å²) in [7, 11) is 0. The van der Waals surface area contributed by atoms with Crippen LogP contribution in [0.1, 0.15) is 52.4 Å². The molecule has 4 rings (SSSR count). The van der Waals surface area contributed by atoms with E-state index in [2.05, 4.69) is 17.1 Å². The Labute approximate surface area is 234 Å². The van der Waals surface area contributed by atoms with E-state index in [9.17, 15) is 9.59 Å². The monoisotopic (exact) mass is 553 g/mol. The zero-order valence-electron chi connectivity index (χ0n) is 22.2. The molecule has 2 amide bonds. The third-order valence-electron chi connectivity index (χ3n) is 6.81. The van der Waals surface area contributed by atoms with E-state index in [4.69, 9.17) is 11.6 Å². The van der Waals surface area contributed by atoms with Gasteiger partial charge in [-0.15, -0.1) is 10.2 Å². The van der Waals surface area contributed by atoms with Crippen molar-refractivity contribution in [2.75, 3.05) is 25.4 Å². The van der Waals surface area contributed by atoms with Gasteiger partial charge in [0.25, 0.3) is 0 Å². The maximum atomic E-state index is 12.9.